The highest BCUT2D eigenvalue weighted by atomic mass is 19.1. The number of nitrogens with one attached hydrogen (secondary N) is 1. The average Bonchev–Trinajstić information content (AvgIpc) is 3.38. The van der Waals surface area contributed by atoms with Crippen molar-refractivity contribution in [1.82, 2.24) is 9.88 Å². The minimum absolute atomic E-state index is 0.105. The lowest BCUT2D eigenvalue weighted by Crippen LogP contribution is -2.23. The van der Waals surface area contributed by atoms with Crippen LogP contribution in [0.3, 0.4) is 0 Å². The Bertz CT molecular complexity index is 1410. The van der Waals surface area contributed by atoms with Crippen molar-refractivity contribution in [2.24, 2.45) is 7.05 Å². The third-order valence-electron chi connectivity index (χ3n) is 6.58. The minimum Gasteiger partial charge on any atom is -0.496 e. The van der Waals surface area contributed by atoms with E-state index < -0.39 is 5.97 Å². The maximum atomic E-state index is 14.3. The summed E-state index contributed by atoms with van der Waals surface area (Å²) in [5.74, 6) is -0.742. The summed E-state index contributed by atoms with van der Waals surface area (Å²) in [5, 5.41) is 12.2. The van der Waals surface area contributed by atoms with Crippen molar-refractivity contribution in [1.29, 1.82) is 0 Å². The van der Waals surface area contributed by atoms with Crippen molar-refractivity contribution >= 4 is 29.1 Å². The molecular formula is C29H29FN2O5. The highest BCUT2D eigenvalue weighted by Crippen LogP contribution is 2.44. The van der Waals surface area contributed by atoms with Crippen molar-refractivity contribution in [2.75, 3.05) is 14.2 Å². The largest absolute Gasteiger partial charge is 0.496 e. The average molecular weight is 505 g/mol. The van der Waals surface area contributed by atoms with E-state index in [0.29, 0.717) is 29.2 Å². The molecule has 192 valence electrons. The first kappa shape index (κ1) is 25.8. The Balaban J connectivity index is 1.70. The Hall–Kier alpha value is -4.33. The lowest BCUT2D eigenvalue weighted by molar-refractivity contribution is -0.136. The summed E-state index contributed by atoms with van der Waals surface area (Å²) < 4.78 is 27.1. The molecular weight excluding hydrogens is 475 g/mol. The number of allylic oxidation sites excluding steroid dienone is 2. The van der Waals surface area contributed by atoms with Crippen LogP contribution in [0.5, 0.6) is 11.5 Å². The highest BCUT2D eigenvalue weighted by Gasteiger charge is 2.26. The van der Waals surface area contributed by atoms with Crippen LogP contribution in [0, 0.1) is 5.82 Å². The molecule has 7 nitrogen and oxygen atoms in total. The van der Waals surface area contributed by atoms with Crippen LogP contribution in [0.4, 0.5) is 4.39 Å². The van der Waals surface area contributed by atoms with Crippen molar-refractivity contribution in [3.63, 3.8) is 0 Å². The molecule has 3 aromatic rings. The molecule has 0 saturated heterocycles. The number of rotatable bonds is 9. The Morgan fingerprint density at radius 1 is 1.05 bits per heavy atom. The first-order valence-corrected chi connectivity index (χ1v) is 11.8. The molecule has 2 N–H and O–H groups in total. The molecule has 0 spiro atoms. The van der Waals surface area contributed by atoms with Crippen LogP contribution >= 0.6 is 0 Å². The van der Waals surface area contributed by atoms with Crippen molar-refractivity contribution < 1.29 is 28.6 Å². The van der Waals surface area contributed by atoms with E-state index in [-0.39, 0.29) is 24.6 Å². The fraction of sp³-hybridized carbons (Fsp3) is 0.241. The number of fused-ring (bicyclic) bond motifs is 1. The van der Waals surface area contributed by atoms with Gasteiger partial charge in [0.25, 0.3) is 0 Å². The normalized spacial score (nSPS) is 13.6. The second-order valence-corrected chi connectivity index (χ2v) is 8.89. The number of carbonyl (C=O) groups is 2. The van der Waals surface area contributed by atoms with E-state index >= 15 is 0 Å². The number of carboxylic acids is 1. The summed E-state index contributed by atoms with van der Waals surface area (Å²) >= 11 is 0. The smallest absolute Gasteiger partial charge is 0.308 e. The molecule has 37 heavy (non-hydrogen) atoms. The van der Waals surface area contributed by atoms with E-state index in [9.17, 15) is 19.1 Å². The Morgan fingerprint density at radius 3 is 2.35 bits per heavy atom. The zero-order valence-corrected chi connectivity index (χ0v) is 21.2. The maximum Gasteiger partial charge on any atom is 0.308 e. The van der Waals surface area contributed by atoms with E-state index in [2.05, 4.69) is 5.32 Å². The molecule has 2 aromatic carbocycles. The molecule has 1 aliphatic carbocycles. The highest BCUT2D eigenvalue weighted by molar-refractivity contribution is 6.08. The Morgan fingerprint density at radius 2 is 1.76 bits per heavy atom. The van der Waals surface area contributed by atoms with Gasteiger partial charge in [-0.05, 0) is 82.8 Å². The standard InChI is InChI=1S/C29H29FN2O5/c1-17-22(10-18-11-26(36-3)25(15-29(34)35)27(12-18)37-4)21-8-7-19(30)13-24(21)23(17)14-28(33)31-16-20-6-5-9-32(20)2/h5-13H,14-16H2,1-4H3,(H,31,33)(H,34,35)/b22-10-. The minimum atomic E-state index is -0.997. The van der Waals surface area contributed by atoms with Gasteiger partial charge in [0.1, 0.15) is 17.3 Å². The maximum absolute atomic E-state index is 14.3. The predicted molar refractivity (Wildman–Crippen MR) is 140 cm³/mol. The molecule has 0 aliphatic heterocycles. The van der Waals surface area contributed by atoms with E-state index in [1.54, 1.807) is 18.2 Å². The predicted octanol–water partition coefficient (Wildman–Crippen LogP) is 4.84. The number of carboxylic acid groups (broad SMARTS) is 1. The summed E-state index contributed by atoms with van der Waals surface area (Å²) in [6.07, 6.45) is 3.69. The number of amides is 1. The molecule has 1 heterocycles. The van der Waals surface area contributed by atoms with Crippen molar-refractivity contribution in [3.8, 4) is 11.5 Å². The molecule has 0 atom stereocenters. The zero-order valence-electron chi connectivity index (χ0n) is 21.2. The van der Waals surface area contributed by atoms with Gasteiger partial charge in [-0.2, -0.15) is 0 Å². The van der Waals surface area contributed by atoms with E-state index in [4.69, 9.17) is 9.47 Å². The number of aromatic nitrogens is 1. The molecule has 0 unspecified atom stereocenters. The number of carbonyl (C=O) groups excluding carboxylic acids is 1. The van der Waals surface area contributed by atoms with Crippen LogP contribution < -0.4 is 14.8 Å². The molecule has 8 heteroatoms. The number of aliphatic carboxylic acids is 1. The van der Waals surface area contributed by atoms with E-state index in [0.717, 1.165) is 33.5 Å². The van der Waals surface area contributed by atoms with Gasteiger partial charge in [0.05, 0.1) is 33.6 Å². The van der Waals surface area contributed by atoms with Gasteiger partial charge in [-0.25, -0.2) is 4.39 Å². The number of hydrogen-bond donors (Lipinski definition) is 2. The van der Waals surface area contributed by atoms with Crippen molar-refractivity contribution in [3.05, 3.63) is 88.0 Å². The summed E-state index contributed by atoms with van der Waals surface area (Å²) in [6, 6.07) is 11.9. The molecule has 1 amide bonds. The van der Waals surface area contributed by atoms with Gasteiger partial charge >= 0.3 is 5.97 Å². The topological polar surface area (TPSA) is 89.8 Å². The fourth-order valence-corrected chi connectivity index (χ4v) is 4.65. The van der Waals surface area contributed by atoms with Crippen LogP contribution in [-0.4, -0.2) is 35.8 Å². The molecule has 4 rings (SSSR count). The first-order valence-electron chi connectivity index (χ1n) is 11.8. The lowest BCUT2D eigenvalue weighted by atomic mass is 9.99. The SMILES string of the molecule is COc1cc(/C=C2/C(C)=C(CC(=O)NCc3cccn3C)c3cc(F)ccc32)cc(OC)c1CC(=O)O. The van der Waals surface area contributed by atoms with Crippen LogP contribution in [0.2, 0.25) is 0 Å². The van der Waals surface area contributed by atoms with E-state index in [1.807, 2.05) is 42.9 Å². The number of benzene rings is 2. The number of aryl methyl sites for hydroxylation is 1. The molecule has 0 saturated carbocycles. The molecule has 0 fully saturated rings. The first-order chi connectivity index (χ1) is 17.7. The van der Waals surface area contributed by atoms with Crippen molar-refractivity contribution in [2.45, 2.75) is 26.3 Å². The summed E-state index contributed by atoms with van der Waals surface area (Å²) in [5.41, 5.74) is 6.10. The van der Waals surface area contributed by atoms with Gasteiger partial charge in [0, 0.05) is 24.5 Å². The van der Waals surface area contributed by atoms with Gasteiger partial charge < -0.3 is 24.5 Å². The quantitative estimate of drug-likeness (QED) is 0.435. The number of nitrogens with zero attached hydrogens (tertiary/aromatic N) is 1. The van der Waals surface area contributed by atoms with Gasteiger partial charge in [-0.3, -0.25) is 9.59 Å². The van der Waals surface area contributed by atoms with Crippen LogP contribution in [-0.2, 0) is 29.6 Å². The molecule has 0 radical (unpaired) electrons. The van der Waals surface area contributed by atoms with Crippen LogP contribution in [0.15, 0.2) is 54.2 Å². The van der Waals surface area contributed by atoms with Gasteiger partial charge in [-0.1, -0.05) is 6.07 Å². The molecule has 1 aromatic heterocycles. The third-order valence-corrected chi connectivity index (χ3v) is 6.58. The number of ether oxygens (including phenoxy) is 2. The van der Waals surface area contributed by atoms with Crippen LogP contribution in [0.1, 0.15) is 41.3 Å². The lowest BCUT2D eigenvalue weighted by Gasteiger charge is -2.14. The molecule has 1 aliphatic rings. The van der Waals surface area contributed by atoms with Gasteiger partial charge in [-0.15, -0.1) is 0 Å². The Kier molecular flexibility index (Phi) is 7.47. The van der Waals surface area contributed by atoms with Gasteiger partial charge in [0.15, 0.2) is 0 Å². The van der Waals surface area contributed by atoms with Crippen LogP contribution in [0.25, 0.3) is 17.2 Å². The zero-order chi connectivity index (χ0) is 26.7. The number of hydrogen-bond acceptors (Lipinski definition) is 4. The number of halogens is 1. The van der Waals surface area contributed by atoms with E-state index in [1.165, 1.54) is 26.4 Å². The molecule has 0 bridgehead atoms. The summed E-state index contributed by atoms with van der Waals surface area (Å²) in [4.78, 5) is 24.2. The Labute approximate surface area is 214 Å². The summed E-state index contributed by atoms with van der Waals surface area (Å²) in [6.45, 7) is 2.31. The second-order valence-electron chi connectivity index (χ2n) is 8.89. The third kappa shape index (κ3) is 5.43. The second kappa shape index (κ2) is 10.7. The monoisotopic (exact) mass is 504 g/mol. The van der Waals surface area contributed by atoms with Gasteiger partial charge in [0.2, 0.25) is 5.91 Å². The number of methoxy groups -OCH3 is 2. The summed E-state index contributed by atoms with van der Waals surface area (Å²) in [7, 11) is 4.86. The fourth-order valence-electron chi connectivity index (χ4n) is 4.65.